The summed E-state index contributed by atoms with van der Waals surface area (Å²) in [6.07, 6.45) is 4.05. The van der Waals surface area contributed by atoms with Gasteiger partial charge < -0.3 is 14.7 Å². The number of aliphatic hydroxyl groups excluding tert-OH is 1. The molecule has 0 bridgehead atoms. The summed E-state index contributed by atoms with van der Waals surface area (Å²) in [5.41, 5.74) is 0. The van der Waals surface area contributed by atoms with Gasteiger partial charge in [0.05, 0.1) is 12.7 Å². The maximum atomic E-state index is 11.5. The van der Waals surface area contributed by atoms with E-state index in [1.807, 2.05) is 0 Å². The Balaban J connectivity index is 2.11. The number of carbonyl (C=O) groups is 1. The molecule has 0 radical (unpaired) electrons. The highest BCUT2D eigenvalue weighted by Gasteiger charge is 2.21. The summed E-state index contributed by atoms with van der Waals surface area (Å²) < 4.78 is 5.12. The number of hydrogen-bond acceptors (Lipinski definition) is 3. The first-order valence-electron chi connectivity index (χ1n) is 5.83. The van der Waals surface area contributed by atoms with Crippen LogP contribution in [0.4, 0.5) is 4.79 Å². The quantitative estimate of drug-likeness (QED) is 0.727. The molecule has 0 aliphatic carbocycles. The van der Waals surface area contributed by atoms with Crippen molar-refractivity contribution < 1.29 is 14.6 Å². The van der Waals surface area contributed by atoms with Crippen LogP contribution < -0.4 is 0 Å². The van der Waals surface area contributed by atoms with Crippen LogP contribution >= 0.6 is 0 Å². The van der Waals surface area contributed by atoms with Gasteiger partial charge in [0.15, 0.2) is 0 Å². The van der Waals surface area contributed by atoms with Crippen molar-refractivity contribution >= 4 is 6.09 Å². The molecule has 1 N–H and O–H groups in total. The number of likely N-dealkylation sites (tertiary alicyclic amines) is 1. The average molecular weight is 215 g/mol. The van der Waals surface area contributed by atoms with Gasteiger partial charge in [0.25, 0.3) is 0 Å². The third-order valence-electron chi connectivity index (χ3n) is 2.70. The number of carbonyl (C=O) groups excluding carboxylic acids is 1. The van der Waals surface area contributed by atoms with E-state index in [0.717, 1.165) is 19.3 Å². The second-order valence-corrected chi connectivity index (χ2v) is 4.04. The van der Waals surface area contributed by atoms with Gasteiger partial charge in [-0.15, -0.1) is 0 Å². The lowest BCUT2D eigenvalue weighted by atomic mass is 10.1. The van der Waals surface area contributed by atoms with Gasteiger partial charge in [-0.25, -0.2) is 4.79 Å². The molecule has 0 atom stereocenters. The Morgan fingerprint density at radius 1 is 1.40 bits per heavy atom. The van der Waals surface area contributed by atoms with Crippen LogP contribution in [0.15, 0.2) is 0 Å². The third kappa shape index (κ3) is 4.51. The Morgan fingerprint density at radius 3 is 2.67 bits per heavy atom. The fraction of sp³-hybridized carbons (Fsp3) is 0.909. The number of piperidine rings is 1. The maximum Gasteiger partial charge on any atom is 0.409 e. The molecule has 0 aromatic carbocycles. The van der Waals surface area contributed by atoms with E-state index in [-0.39, 0.29) is 12.2 Å². The lowest BCUT2D eigenvalue weighted by Gasteiger charge is -2.28. The molecule has 0 saturated carbocycles. The minimum atomic E-state index is -0.242. The van der Waals surface area contributed by atoms with Crippen molar-refractivity contribution in [2.45, 2.75) is 45.1 Å². The van der Waals surface area contributed by atoms with Gasteiger partial charge in [0, 0.05) is 13.1 Å². The first-order chi connectivity index (χ1) is 7.24. The minimum Gasteiger partial charge on any atom is -0.449 e. The van der Waals surface area contributed by atoms with Crippen molar-refractivity contribution in [1.82, 2.24) is 4.90 Å². The zero-order valence-corrected chi connectivity index (χ0v) is 9.45. The molecule has 0 aromatic heterocycles. The largest absolute Gasteiger partial charge is 0.449 e. The summed E-state index contributed by atoms with van der Waals surface area (Å²) >= 11 is 0. The van der Waals surface area contributed by atoms with Crippen LogP contribution in [0.3, 0.4) is 0 Å². The van der Waals surface area contributed by atoms with Gasteiger partial charge in [0.2, 0.25) is 0 Å². The summed E-state index contributed by atoms with van der Waals surface area (Å²) in [7, 11) is 0. The molecule has 0 aromatic rings. The molecule has 1 fully saturated rings. The topological polar surface area (TPSA) is 49.8 Å². The Hall–Kier alpha value is -0.770. The van der Waals surface area contributed by atoms with Crippen LogP contribution in [-0.2, 0) is 4.74 Å². The second-order valence-electron chi connectivity index (χ2n) is 4.04. The summed E-state index contributed by atoms with van der Waals surface area (Å²) in [5, 5.41) is 9.28. The highest BCUT2D eigenvalue weighted by Crippen LogP contribution is 2.11. The van der Waals surface area contributed by atoms with Crippen molar-refractivity contribution in [3.63, 3.8) is 0 Å². The minimum absolute atomic E-state index is 0.224. The molecule has 1 aliphatic heterocycles. The normalized spacial score (nSPS) is 17.9. The molecule has 0 unspecified atom stereocenters. The fourth-order valence-corrected chi connectivity index (χ4v) is 1.65. The van der Waals surface area contributed by atoms with Gasteiger partial charge in [-0.3, -0.25) is 0 Å². The predicted octanol–water partition coefficient (Wildman–Crippen LogP) is 1.77. The van der Waals surface area contributed by atoms with Crippen molar-refractivity contribution in [2.75, 3.05) is 19.7 Å². The molecular weight excluding hydrogens is 194 g/mol. The standard InChI is InChI=1S/C11H21NO3/c1-2-3-4-9-15-11(14)12-7-5-10(13)6-8-12/h10,13H,2-9H2,1H3. The Morgan fingerprint density at radius 2 is 2.07 bits per heavy atom. The number of aliphatic hydroxyl groups is 1. The van der Waals surface area contributed by atoms with E-state index in [0.29, 0.717) is 32.5 Å². The number of nitrogens with zero attached hydrogens (tertiary/aromatic N) is 1. The summed E-state index contributed by atoms with van der Waals surface area (Å²) in [6, 6.07) is 0. The van der Waals surface area contributed by atoms with E-state index >= 15 is 0 Å². The molecule has 0 spiro atoms. The van der Waals surface area contributed by atoms with E-state index in [1.54, 1.807) is 4.90 Å². The van der Waals surface area contributed by atoms with Gasteiger partial charge in [0.1, 0.15) is 0 Å². The first kappa shape index (κ1) is 12.3. The van der Waals surface area contributed by atoms with Crippen LogP contribution in [-0.4, -0.2) is 41.9 Å². The van der Waals surface area contributed by atoms with Crippen LogP contribution in [0.2, 0.25) is 0 Å². The Labute approximate surface area is 91.2 Å². The highest BCUT2D eigenvalue weighted by atomic mass is 16.6. The van der Waals surface area contributed by atoms with Crippen LogP contribution in [0.25, 0.3) is 0 Å². The number of hydrogen-bond donors (Lipinski definition) is 1. The third-order valence-corrected chi connectivity index (χ3v) is 2.70. The zero-order valence-electron chi connectivity index (χ0n) is 9.45. The highest BCUT2D eigenvalue weighted by molar-refractivity contribution is 5.67. The number of unbranched alkanes of at least 4 members (excludes halogenated alkanes) is 2. The van der Waals surface area contributed by atoms with E-state index in [2.05, 4.69) is 6.92 Å². The van der Waals surface area contributed by atoms with E-state index < -0.39 is 0 Å². The first-order valence-corrected chi connectivity index (χ1v) is 5.83. The van der Waals surface area contributed by atoms with Gasteiger partial charge >= 0.3 is 6.09 Å². The molecule has 1 rings (SSSR count). The second kappa shape index (κ2) is 6.67. The molecule has 4 heteroatoms. The van der Waals surface area contributed by atoms with Crippen molar-refractivity contribution in [1.29, 1.82) is 0 Å². The van der Waals surface area contributed by atoms with Crippen molar-refractivity contribution in [3.8, 4) is 0 Å². The fourth-order valence-electron chi connectivity index (χ4n) is 1.65. The Kier molecular flexibility index (Phi) is 5.47. The maximum absolute atomic E-state index is 11.5. The number of amides is 1. The van der Waals surface area contributed by atoms with Gasteiger partial charge in [-0.1, -0.05) is 19.8 Å². The van der Waals surface area contributed by atoms with Crippen LogP contribution in [0.1, 0.15) is 39.0 Å². The molecule has 1 aliphatic rings. The van der Waals surface area contributed by atoms with E-state index in [4.69, 9.17) is 4.74 Å². The summed E-state index contributed by atoms with van der Waals surface area (Å²) in [6.45, 7) is 3.88. The average Bonchev–Trinajstić information content (AvgIpc) is 2.25. The summed E-state index contributed by atoms with van der Waals surface area (Å²) in [4.78, 5) is 13.2. The van der Waals surface area contributed by atoms with Gasteiger partial charge in [-0.2, -0.15) is 0 Å². The number of ether oxygens (including phenoxy) is 1. The molecule has 4 nitrogen and oxygen atoms in total. The number of rotatable bonds is 4. The zero-order chi connectivity index (χ0) is 11.1. The van der Waals surface area contributed by atoms with Crippen LogP contribution in [0, 0.1) is 0 Å². The molecule has 88 valence electrons. The van der Waals surface area contributed by atoms with Gasteiger partial charge in [-0.05, 0) is 19.3 Å². The smallest absolute Gasteiger partial charge is 0.409 e. The predicted molar refractivity (Wildman–Crippen MR) is 57.7 cm³/mol. The van der Waals surface area contributed by atoms with Crippen molar-refractivity contribution in [3.05, 3.63) is 0 Å². The molecule has 1 saturated heterocycles. The van der Waals surface area contributed by atoms with E-state index in [1.165, 1.54) is 0 Å². The molecule has 1 amide bonds. The van der Waals surface area contributed by atoms with E-state index in [9.17, 15) is 9.90 Å². The molecule has 1 heterocycles. The lowest BCUT2D eigenvalue weighted by molar-refractivity contribution is 0.0586. The van der Waals surface area contributed by atoms with Crippen molar-refractivity contribution in [2.24, 2.45) is 0 Å². The SMILES string of the molecule is CCCCCOC(=O)N1CCC(O)CC1. The summed E-state index contributed by atoms with van der Waals surface area (Å²) in [5.74, 6) is 0. The monoisotopic (exact) mass is 215 g/mol. The van der Waals surface area contributed by atoms with Crippen LogP contribution in [0.5, 0.6) is 0 Å². The molecule has 15 heavy (non-hydrogen) atoms. The molecular formula is C11H21NO3. The Bertz CT molecular complexity index is 188. The lowest BCUT2D eigenvalue weighted by Crippen LogP contribution is -2.40.